The highest BCUT2D eigenvalue weighted by Gasteiger charge is 2.38. The van der Waals surface area contributed by atoms with Gasteiger partial charge in [-0.3, -0.25) is 4.79 Å². The van der Waals surface area contributed by atoms with Crippen molar-refractivity contribution in [1.29, 1.82) is 0 Å². The molecule has 1 aromatic rings. The smallest absolute Gasteiger partial charge is 0.449 e. The molecule has 1 amide bonds. The molecule has 1 saturated heterocycles. The summed E-state index contributed by atoms with van der Waals surface area (Å²) in [6.07, 6.45) is -4.40. The van der Waals surface area contributed by atoms with Crippen molar-refractivity contribution < 1.29 is 27.1 Å². The van der Waals surface area contributed by atoms with Gasteiger partial charge in [-0.25, -0.2) is 0 Å². The van der Waals surface area contributed by atoms with Crippen LogP contribution in [-0.4, -0.2) is 31.7 Å². The standard InChI is InChI=1S/C13H17F3N2O3/c1-8-4-9(12(21-8)13(14,15)16)6-18-11(19)5-10-7-20-3-2-17-10/h4,10,17H,2-3,5-7H2,1H3,(H,18,19)/t10-/m1/s1. The molecule has 1 aliphatic rings. The maximum atomic E-state index is 12.7. The van der Waals surface area contributed by atoms with Gasteiger partial charge >= 0.3 is 6.18 Å². The van der Waals surface area contributed by atoms with E-state index in [0.29, 0.717) is 19.8 Å². The van der Waals surface area contributed by atoms with E-state index in [1.54, 1.807) is 0 Å². The number of carbonyl (C=O) groups is 1. The first-order valence-corrected chi connectivity index (χ1v) is 6.60. The van der Waals surface area contributed by atoms with Gasteiger partial charge in [-0.15, -0.1) is 0 Å². The summed E-state index contributed by atoms with van der Waals surface area (Å²) >= 11 is 0. The molecule has 0 aromatic carbocycles. The number of furan rings is 1. The minimum Gasteiger partial charge on any atom is -0.456 e. The summed E-state index contributed by atoms with van der Waals surface area (Å²) in [7, 11) is 0. The fraction of sp³-hybridized carbons (Fsp3) is 0.615. The van der Waals surface area contributed by atoms with E-state index in [9.17, 15) is 18.0 Å². The summed E-state index contributed by atoms with van der Waals surface area (Å²) in [5.74, 6) is -1.22. The Morgan fingerprint density at radius 3 is 2.90 bits per heavy atom. The zero-order valence-electron chi connectivity index (χ0n) is 11.5. The summed E-state index contributed by atoms with van der Waals surface area (Å²) < 4.78 is 48.0. The molecule has 0 aliphatic carbocycles. The van der Waals surface area contributed by atoms with E-state index in [1.807, 2.05) is 0 Å². The normalized spacial score (nSPS) is 19.5. The monoisotopic (exact) mass is 306 g/mol. The molecule has 0 unspecified atom stereocenters. The maximum absolute atomic E-state index is 12.7. The zero-order chi connectivity index (χ0) is 15.5. The molecule has 8 heteroatoms. The number of hydrogen-bond donors (Lipinski definition) is 2. The van der Waals surface area contributed by atoms with Crippen molar-refractivity contribution in [2.45, 2.75) is 32.1 Å². The van der Waals surface area contributed by atoms with Gasteiger partial charge in [0, 0.05) is 31.1 Å². The van der Waals surface area contributed by atoms with Gasteiger partial charge in [0.1, 0.15) is 5.76 Å². The Kier molecular flexibility index (Phi) is 4.89. The molecule has 21 heavy (non-hydrogen) atoms. The maximum Gasteiger partial charge on any atom is 0.449 e. The molecular formula is C13H17F3N2O3. The number of carbonyl (C=O) groups excluding carboxylic acids is 1. The van der Waals surface area contributed by atoms with Crippen molar-refractivity contribution in [3.05, 3.63) is 23.2 Å². The molecule has 1 aromatic heterocycles. The molecule has 1 atom stereocenters. The van der Waals surface area contributed by atoms with Gasteiger partial charge in [0.2, 0.25) is 11.7 Å². The predicted octanol–water partition coefficient (Wildman–Crippen LogP) is 1.60. The largest absolute Gasteiger partial charge is 0.456 e. The van der Waals surface area contributed by atoms with Crippen LogP contribution in [0.15, 0.2) is 10.5 Å². The Morgan fingerprint density at radius 2 is 2.29 bits per heavy atom. The third kappa shape index (κ3) is 4.47. The van der Waals surface area contributed by atoms with Gasteiger partial charge in [0.25, 0.3) is 0 Å². The van der Waals surface area contributed by atoms with Gasteiger partial charge in [0.05, 0.1) is 13.2 Å². The number of aryl methyl sites for hydroxylation is 1. The summed E-state index contributed by atoms with van der Waals surface area (Å²) in [6, 6.07) is 1.18. The molecule has 118 valence electrons. The molecule has 0 bridgehead atoms. The highest BCUT2D eigenvalue weighted by Crippen LogP contribution is 2.33. The number of amides is 1. The lowest BCUT2D eigenvalue weighted by Gasteiger charge is -2.23. The number of ether oxygens (including phenoxy) is 1. The Morgan fingerprint density at radius 1 is 1.52 bits per heavy atom. The Bertz CT molecular complexity index is 493. The molecule has 2 rings (SSSR count). The van der Waals surface area contributed by atoms with Crippen LogP contribution < -0.4 is 10.6 Å². The molecule has 0 spiro atoms. The Hall–Kier alpha value is -1.54. The minimum absolute atomic E-state index is 0.0683. The molecule has 0 saturated carbocycles. The summed E-state index contributed by atoms with van der Waals surface area (Å²) in [6.45, 7) is 2.91. The van der Waals surface area contributed by atoms with Crippen LogP contribution in [0.2, 0.25) is 0 Å². The quantitative estimate of drug-likeness (QED) is 0.887. The van der Waals surface area contributed by atoms with Crippen LogP contribution in [0.4, 0.5) is 13.2 Å². The first kappa shape index (κ1) is 15.8. The Balaban J connectivity index is 1.89. The van der Waals surface area contributed by atoms with Crippen molar-refractivity contribution in [2.24, 2.45) is 0 Å². The van der Waals surface area contributed by atoms with E-state index in [1.165, 1.54) is 13.0 Å². The average molecular weight is 306 g/mol. The van der Waals surface area contributed by atoms with Crippen LogP contribution in [0, 0.1) is 6.92 Å². The molecule has 1 aliphatic heterocycles. The molecule has 2 N–H and O–H groups in total. The number of nitrogens with one attached hydrogen (secondary N) is 2. The van der Waals surface area contributed by atoms with E-state index in [0.717, 1.165) is 0 Å². The van der Waals surface area contributed by atoms with Crippen molar-refractivity contribution in [1.82, 2.24) is 10.6 Å². The van der Waals surface area contributed by atoms with Gasteiger partial charge in [0.15, 0.2) is 0 Å². The molecule has 1 fully saturated rings. The van der Waals surface area contributed by atoms with Crippen molar-refractivity contribution in [2.75, 3.05) is 19.8 Å². The van der Waals surface area contributed by atoms with E-state index >= 15 is 0 Å². The van der Waals surface area contributed by atoms with E-state index < -0.39 is 11.9 Å². The van der Waals surface area contributed by atoms with Gasteiger partial charge in [-0.05, 0) is 13.0 Å². The van der Waals surface area contributed by atoms with Crippen molar-refractivity contribution >= 4 is 5.91 Å². The molecule has 0 radical (unpaired) electrons. The van der Waals surface area contributed by atoms with Crippen LogP contribution in [0.1, 0.15) is 23.5 Å². The first-order chi connectivity index (χ1) is 9.86. The van der Waals surface area contributed by atoms with E-state index in [2.05, 4.69) is 15.1 Å². The third-order valence-electron chi connectivity index (χ3n) is 3.10. The summed E-state index contributed by atoms with van der Waals surface area (Å²) in [5.41, 5.74) is -0.0683. The van der Waals surface area contributed by atoms with Gasteiger partial charge < -0.3 is 19.8 Å². The van der Waals surface area contributed by atoms with Crippen LogP contribution >= 0.6 is 0 Å². The lowest BCUT2D eigenvalue weighted by Crippen LogP contribution is -2.44. The number of rotatable bonds is 4. The SMILES string of the molecule is Cc1cc(CNC(=O)C[C@@H]2COCCN2)c(C(F)(F)F)o1. The van der Waals surface area contributed by atoms with Crippen molar-refractivity contribution in [3.63, 3.8) is 0 Å². The van der Waals surface area contributed by atoms with Crippen LogP contribution in [0.5, 0.6) is 0 Å². The molecule has 2 heterocycles. The lowest BCUT2D eigenvalue weighted by atomic mass is 10.2. The first-order valence-electron chi connectivity index (χ1n) is 6.60. The summed E-state index contributed by atoms with van der Waals surface area (Å²) in [4.78, 5) is 11.7. The number of halogens is 3. The van der Waals surface area contributed by atoms with E-state index in [4.69, 9.17) is 4.74 Å². The number of hydrogen-bond acceptors (Lipinski definition) is 4. The number of alkyl halides is 3. The highest BCUT2D eigenvalue weighted by molar-refractivity contribution is 5.76. The van der Waals surface area contributed by atoms with Gasteiger partial charge in [-0.1, -0.05) is 0 Å². The second-order valence-corrected chi connectivity index (χ2v) is 4.92. The Labute approximate surface area is 119 Å². The lowest BCUT2D eigenvalue weighted by molar-refractivity contribution is -0.154. The van der Waals surface area contributed by atoms with Crippen molar-refractivity contribution in [3.8, 4) is 0 Å². The fourth-order valence-electron chi connectivity index (χ4n) is 2.18. The molecular weight excluding hydrogens is 289 g/mol. The third-order valence-corrected chi connectivity index (χ3v) is 3.10. The fourth-order valence-corrected chi connectivity index (χ4v) is 2.18. The van der Waals surface area contributed by atoms with E-state index in [-0.39, 0.29) is 36.2 Å². The minimum atomic E-state index is -4.56. The summed E-state index contributed by atoms with van der Waals surface area (Å²) in [5, 5.41) is 5.58. The van der Waals surface area contributed by atoms with Crippen LogP contribution in [-0.2, 0) is 22.3 Å². The number of morpholine rings is 1. The average Bonchev–Trinajstić information content (AvgIpc) is 2.79. The highest BCUT2D eigenvalue weighted by atomic mass is 19.4. The van der Waals surface area contributed by atoms with Gasteiger partial charge in [-0.2, -0.15) is 13.2 Å². The van der Waals surface area contributed by atoms with Crippen LogP contribution in [0.3, 0.4) is 0 Å². The van der Waals surface area contributed by atoms with Crippen LogP contribution in [0.25, 0.3) is 0 Å². The molecule has 5 nitrogen and oxygen atoms in total. The second-order valence-electron chi connectivity index (χ2n) is 4.92. The zero-order valence-corrected chi connectivity index (χ0v) is 11.5. The topological polar surface area (TPSA) is 63.5 Å². The second kappa shape index (κ2) is 6.48. The predicted molar refractivity (Wildman–Crippen MR) is 67.5 cm³/mol.